The van der Waals surface area contributed by atoms with E-state index in [1.54, 1.807) is 18.2 Å². The monoisotopic (exact) mass is 369 g/mol. The van der Waals surface area contributed by atoms with Crippen molar-refractivity contribution in [1.29, 1.82) is 0 Å². The summed E-state index contributed by atoms with van der Waals surface area (Å²) in [5.41, 5.74) is 3.28. The predicted molar refractivity (Wildman–Crippen MR) is 90.3 cm³/mol. The first kappa shape index (κ1) is 15.4. The molecule has 2 rings (SSSR count). The highest BCUT2D eigenvalue weighted by atomic mass is 79.9. The van der Waals surface area contributed by atoms with Crippen molar-refractivity contribution in [3.63, 3.8) is 0 Å². The van der Waals surface area contributed by atoms with Gasteiger partial charge in [0.05, 0.1) is 16.3 Å². The maximum absolute atomic E-state index is 12.3. The van der Waals surface area contributed by atoms with Gasteiger partial charge >= 0.3 is 0 Å². The van der Waals surface area contributed by atoms with Crippen molar-refractivity contribution >= 4 is 51.8 Å². The Bertz CT molecular complexity index is 665. The van der Waals surface area contributed by atoms with Crippen LogP contribution >= 0.6 is 40.2 Å². The van der Waals surface area contributed by atoms with E-state index in [1.165, 1.54) is 0 Å². The van der Waals surface area contributed by atoms with Crippen LogP contribution in [-0.4, -0.2) is 5.91 Å². The molecule has 0 saturated carbocycles. The second-order valence-electron chi connectivity index (χ2n) is 4.56. The summed E-state index contributed by atoms with van der Waals surface area (Å²) in [6.07, 6.45) is 0. The highest BCUT2D eigenvalue weighted by molar-refractivity contribution is 9.10. The minimum absolute atomic E-state index is 0.251. The number of hydrogen-bond acceptors (Lipinski definition) is 2. The van der Waals surface area contributed by atoms with E-state index in [2.05, 4.69) is 33.9 Å². The van der Waals surface area contributed by atoms with Gasteiger partial charge in [-0.1, -0.05) is 17.7 Å². The highest BCUT2D eigenvalue weighted by Crippen LogP contribution is 2.29. The largest absolute Gasteiger partial charge is 0.321 e. The van der Waals surface area contributed by atoms with E-state index in [-0.39, 0.29) is 5.91 Å². The van der Waals surface area contributed by atoms with Crippen molar-refractivity contribution in [1.82, 2.24) is 0 Å². The molecule has 0 saturated heterocycles. The predicted octanol–water partition coefficient (Wildman–Crippen LogP) is 5.26. The van der Waals surface area contributed by atoms with Crippen LogP contribution in [0.4, 0.5) is 5.69 Å². The fourth-order valence-corrected chi connectivity index (χ4v) is 3.12. The van der Waals surface area contributed by atoms with E-state index in [9.17, 15) is 4.79 Å². The molecular weight excluding hydrogens is 358 g/mol. The molecule has 2 nitrogen and oxygen atoms in total. The number of anilines is 1. The normalized spacial score (nSPS) is 10.4. The maximum Gasteiger partial charge on any atom is 0.257 e. The van der Waals surface area contributed by atoms with E-state index in [4.69, 9.17) is 11.6 Å². The topological polar surface area (TPSA) is 29.1 Å². The van der Waals surface area contributed by atoms with E-state index in [0.717, 1.165) is 21.3 Å². The Kier molecular flexibility index (Phi) is 4.78. The maximum atomic E-state index is 12.3. The van der Waals surface area contributed by atoms with Crippen LogP contribution in [0.25, 0.3) is 0 Å². The van der Waals surface area contributed by atoms with Crippen LogP contribution in [0.15, 0.2) is 39.7 Å². The van der Waals surface area contributed by atoms with Crippen LogP contribution in [0.5, 0.6) is 0 Å². The van der Waals surface area contributed by atoms with Gasteiger partial charge in [0.15, 0.2) is 0 Å². The number of carbonyl (C=O) groups is 1. The van der Waals surface area contributed by atoms with Gasteiger partial charge in [0, 0.05) is 9.37 Å². The molecule has 0 unspecified atom stereocenters. The lowest BCUT2D eigenvalue weighted by atomic mass is 10.1. The molecule has 20 heavy (non-hydrogen) atoms. The number of amides is 1. The summed E-state index contributed by atoms with van der Waals surface area (Å²) in [7, 11) is 0. The summed E-state index contributed by atoms with van der Waals surface area (Å²) in [5.74, 6) is -0.251. The SMILES string of the molecule is Cc1cc(C)c(NC(=O)c2cc(S)ccc2Cl)c(Br)c1. The van der Waals surface area contributed by atoms with Gasteiger partial charge < -0.3 is 5.32 Å². The van der Waals surface area contributed by atoms with Crippen molar-refractivity contribution in [2.45, 2.75) is 18.7 Å². The summed E-state index contributed by atoms with van der Waals surface area (Å²) in [6, 6.07) is 9.03. The lowest BCUT2D eigenvalue weighted by Crippen LogP contribution is -2.14. The van der Waals surface area contributed by atoms with Gasteiger partial charge in [0.2, 0.25) is 0 Å². The van der Waals surface area contributed by atoms with Crippen LogP contribution in [0.3, 0.4) is 0 Å². The fraction of sp³-hybridized carbons (Fsp3) is 0.133. The Morgan fingerprint density at radius 3 is 2.60 bits per heavy atom. The quantitative estimate of drug-likeness (QED) is 0.694. The van der Waals surface area contributed by atoms with Crippen LogP contribution in [0.1, 0.15) is 21.5 Å². The number of aryl methyl sites for hydroxylation is 2. The molecule has 1 amide bonds. The summed E-state index contributed by atoms with van der Waals surface area (Å²) in [5, 5.41) is 3.29. The Hall–Kier alpha value is -0.970. The van der Waals surface area contributed by atoms with E-state index >= 15 is 0 Å². The zero-order valence-corrected chi connectivity index (χ0v) is 14.2. The average molecular weight is 371 g/mol. The van der Waals surface area contributed by atoms with Crippen molar-refractivity contribution in [3.8, 4) is 0 Å². The number of rotatable bonds is 2. The second-order valence-corrected chi connectivity index (χ2v) is 6.33. The number of thiol groups is 1. The van der Waals surface area contributed by atoms with E-state index in [1.807, 2.05) is 26.0 Å². The lowest BCUT2D eigenvalue weighted by Gasteiger charge is -2.12. The van der Waals surface area contributed by atoms with E-state index < -0.39 is 0 Å². The summed E-state index contributed by atoms with van der Waals surface area (Å²) < 4.78 is 0.849. The molecule has 0 aromatic heterocycles. The van der Waals surface area contributed by atoms with Crippen molar-refractivity contribution in [2.75, 3.05) is 5.32 Å². The third kappa shape index (κ3) is 3.37. The number of carbonyl (C=O) groups excluding carboxylic acids is 1. The molecule has 0 aliphatic heterocycles. The Morgan fingerprint density at radius 1 is 1.25 bits per heavy atom. The van der Waals surface area contributed by atoms with Crippen molar-refractivity contribution < 1.29 is 4.79 Å². The summed E-state index contributed by atoms with van der Waals surface area (Å²) in [6.45, 7) is 3.95. The first-order valence-corrected chi connectivity index (χ1v) is 7.57. The Morgan fingerprint density at radius 2 is 1.95 bits per heavy atom. The van der Waals surface area contributed by atoms with Gasteiger partial charge in [-0.05, 0) is 65.2 Å². The molecular formula is C15H13BrClNOS. The highest BCUT2D eigenvalue weighted by Gasteiger charge is 2.14. The third-order valence-electron chi connectivity index (χ3n) is 2.86. The van der Waals surface area contributed by atoms with E-state index in [0.29, 0.717) is 15.5 Å². The van der Waals surface area contributed by atoms with Crippen LogP contribution in [0.2, 0.25) is 5.02 Å². The molecule has 2 aromatic rings. The van der Waals surface area contributed by atoms with Gasteiger partial charge in [-0.3, -0.25) is 4.79 Å². The van der Waals surface area contributed by atoms with Crippen molar-refractivity contribution in [2.24, 2.45) is 0 Å². The molecule has 0 fully saturated rings. The number of benzene rings is 2. The average Bonchev–Trinajstić information content (AvgIpc) is 2.36. The fourth-order valence-electron chi connectivity index (χ4n) is 1.94. The third-order valence-corrected chi connectivity index (χ3v) is 4.10. The van der Waals surface area contributed by atoms with Gasteiger partial charge in [0.25, 0.3) is 5.91 Å². The minimum atomic E-state index is -0.251. The lowest BCUT2D eigenvalue weighted by molar-refractivity contribution is 0.102. The van der Waals surface area contributed by atoms with Gasteiger partial charge in [-0.25, -0.2) is 0 Å². The van der Waals surface area contributed by atoms with Gasteiger partial charge in [-0.2, -0.15) is 0 Å². The van der Waals surface area contributed by atoms with Crippen molar-refractivity contribution in [3.05, 3.63) is 56.5 Å². The molecule has 1 N–H and O–H groups in total. The molecule has 2 aromatic carbocycles. The minimum Gasteiger partial charge on any atom is -0.321 e. The number of halogens is 2. The number of nitrogens with one attached hydrogen (secondary N) is 1. The van der Waals surface area contributed by atoms with Gasteiger partial charge in [0.1, 0.15) is 0 Å². The van der Waals surface area contributed by atoms with Crippen LogP contribution in [-0.2, 0) is 0 Å². The van der Waals surface area contributed by atoms with Gasteiger partial charge in [-0.15, -0.1) is 12.6 Å². The molecule has 0 aliphatic carbocycles. The first-order valence-electron chi connectivity index (χ1n) is 5.95. The Labute approximate surface area is 137 Å². The van der Waals surface area contributed by atoms with Crippen LogP contribution in [0, 0.1) is 13.8 Å². The smallest absolute Gasteiger partial charge is 0.257 e. The molecule has 0 heterocycles. The molecule has 104 valence electrons. The molecule has 0 radical (unpaired) electrons. The first-order chi connectivity index (χ1) is 9.38. The number of hydrogen-bond donors (Lipinski definition) is 2. The zero-order chi connectivity index (χ0) is 14.9. The second kappa shape index (κ2) is 6.20. The van der Waals surface area contributed by atoms with Crippen LogP contribution < -0.4 is 5.32 Å². The molecule has 0 aliphatic rings. The summed E-state index contributed by atoms with van der Waals surface area (Å²) in [4.78, 5) is 13.0. The zero-order valence-electron chi connectivity index (χ0n) is 11.0. The molecule has 5 heteroatoms. The Balaban J connectivity index is 2.35. The molecule has 0 spiro atoms. The molecule has 0 bridgehead atoms. The molecule has 0 atom stereocenters. The summed E-state index contributed by atoms with van der Waals surface area (Å²) >= 11 is 13.8. The standard InChI is InChI=1S/C15H13BrClNOS/c1-8-5-9(2)14(12(16)6-8)18-15(19)11-7-10(20)3-4-13(11)17/h3-7,20H,1-2H3,(H,18,19).